The number of alkyl halides is 1. The summed E-state index contributed by atoms with van der Waals surface area (Å²) in [5.74, 6) is 0.482. The van der Waals surface area contributed by atoms with Gasteiger partial charge in [0.15, 0.2) is 23.2 Å². The molecular formula is C12H16Cl2N6O3. The lowest BCUT2D eigenvalue weighted by molar-refractivity contribution is -0.0291. The van der Waals surface area contributed by atoms with Crippen LogP contribution in [-0.4, -0.2) is 73.0 Å². The fraction of sp³-hybridized carbons (Fsp3) is 0.583. The zero-order chi connectivity index (χ0) is 16.7. The number of ether oxygens (including phenoxy) is 1. The molecule has 4 unspecified atom stereocenters. The third-order valence-corrected chi connectivity index (χ3v) is 3.96. The molecule has 0 aromatic carbocycles. The van der Waals surface area contributed by atoms with Gasteiger partial charge in [-0.15, -0.1) is 11.6 Å². The van der Waals surface area contributed by atoms with Gasteiger partial charge >= 0.3 is 0 Å². The van der Waals surface area contributed by atoms with E-state index in [4.69, 9.17) is 27.9 Å². The molecule has 0 spiro atoms. The predicted molar refractivity (Wildman–Crippen MR) is 84.3 cm³/mol. The number of hydrazine groups is 1. The minimum Gasteiger partial charge on any atom is -0.387 e. The minimum absolute atomic E-state index is 0.0190. The molecule has 1 saturated heterocycles. The Morgan fingerprint density at radius 2 is 2.09 bits per heavy atom. The van der Waals surface area contributed by atoms with E-state index in [9.17, 15) is 10.2 Å². The summed E-state index contributed by atoms with van der Waals surface area (Å²) >= 11 is 11.7. The third kappa shape index (κ3) is 2.95. The average molecular weight is 363 g/mol. The molecule has 3 heterocycles. The Hall–Kier alpha value is -1.23. The molecule has 1 aliphatic heterocycles. The van der Waals surface area contributed by atoms with Crippen molar-refractivity contribution in [2.75, 3.05) is 25.4 Å². The Morgan fingerprint density at radius 3 is 2.70 bits per heavy atom. The van der Waals surface area contributed by atoms with Crippen LogP contribution < -0.4 is 5.43 Å². The summed E-state index contributed by atoms with van der Waals surface area (Å²) in [4.78, 5) is 12.5. The molecule has 0 amide bonds. The van der Waals surface area contributed by atoms with Gasteiger partial charge in [-0.3, -0.25) is 4.57 Å². The van der Waals surface area contributed by atoms with E-state index in [0.717, 1.165) is 0 Å². The van der Waals surface area contributed by atoms with Gasteiger partial charge in [-0.05, 0) is 11.6 Å². The van der Waals surface area contributed by atoms with Crippen molar-refractivity contribution in [2.45, 2.75) is 24.5 Å². The largest absolute Gasteiger partial charge is 0.387 e. The van der Waals surface area contributed by atoms with Gasteiger partial charge in [-0.1, -0.05) is 0 Å². The van der Waals surface area contributed by atoms with E-state index in [1.54, 1.807) is 19.1 Å². The SMILES string of the molecule is CN(C)Nc1nc(Cl)nc2c1ncn2C1OC(CCl)C(O)C1O. The molecule has 9 nitrogen and oxygen atoms in total. The number of hydrogen-bond donors (Lipinski definition) is 3. The van der Waals surface area contributed by atoms with Gasteiger partial charge in [0, 0.05) is 14.1 Å². The number of aromatic nitrogens is 4. The van der Waals surface area contributed by atoms with Crippen molar-refractivity contribution in [3.8, 4) is 0 Å². The molecule has 23 heavy (non-hydrogen) atoms. The van der Waals surface area contributed by atoms with Gasteiger partial charge in [0.1, 0.15) is 18.3 Å². The molecule has 0 aliphatic carbocycles. The summed E-state index contributed by atoms with van der Waals surface area (Å²) in [7, 11) is 3.59. The second-order valence-electron chi connectivity index (χ2n) is 5.37. The molecular weight excluding hydrogens is 347 g/mol. The van der Waals surface area contributed by atoms with Crippen molar-refractivity contribution >= 4 is 40.2 Å². The van der Waals surface area contributed by atoms with E-state index in [2.05, 4.69) is 20.4 Å². The topological polar surface area (TPSA) is 109 Å². The van der Waals surface area contributed by atoms with E-state index >= 15 is 0 Å². The van der Waals surface area contributed by atoms with Crippen molar-refractivity contribution < 1.29 is 14.9 Å². The quantitative estimate of drug-likeness (QED) is 0.402. The smallest absolute Gasteiger partial charge is 0.226 e. The highest BCUT2D eigenvalue weighted by Crippen LogP contribution is 2.33. The first-order valence-electron chi connectivity index (χ1n) is 6.84. The number of aliphatic hydroxyl groups is 2. The molecule has 11 heteroatoms. The average Bonchev–Trinajstić information content (AvgIpc) is 3.01. The van der Waals surface area contributed by atoms with Crippen LogP contribution >= 0.6 is 23.2 Å². The first-order chi connectivity index (χ1) is 10.9. The summed E-state index contributed by atoms with van der Waals surface area (Å²) < 4.78 is 7.11. The number of fused-ring (bicyclic) bond motifs is 1. The van der Waals surface area contributed by atoms with Crippen LogP contribution in [0.15, 0.2) is 6.33 Å². The molecule has 2 aromatic rings. The van der Waals surface area contributed by atoms with Crippen molar-refractivity contribution in [3.63, 3.8) is 0 Å². The maximum absolute atomic E-state index is 10.2. The van der Waals surface area contributed by atoms with Crippen molar-refractivity contribution in [1.82, 2.24) is 24.5 Å². The zero-order valence-corrected chi connectivity index (χ0v) is 13.9. The normalized spacial score (nSPS) is 28.0. The molecule has 0 bridgehead atoms. The highest BCUT2D eigenvalue weighted by atomic mass is 35.5. The van der Waals surface area contributed by atoms with E-state index in [0.29, 0.717) is 17.0 Å². The van der Waals surface area contributed by atoms with Crippen LogP contribution in [0, 0.1) is 0 Å². The monoisotopic (exact) mass is 362 g/mol. The van der Waals surface area contributed by atoms with Crippen LogP contribution in [-0.2, 0) is 4.74 Å². The number of nitrogens with one attached hydrogen (secondary N) is 1. The lowest BCUT2D eigenvalue weighted by atomic mass is 10.1. The highest BCUT2D eigenvalue weighted by Gasteiger charge is 2.43. The molecule has 3 rings (SSSR count). The number of rotatable bonds is 4. The predicted octanol–water partition coefficient (Wildman–Crippen LogP) is 0.226. The molecule has 0 radical (unpaired) electrons. The Labute approximate surface area is 141 Å². The Kier molecular flexibility index (Phi) is 4.59. The van der Waals surface area contributed by atoms with Gasteiger partial charge < -0.3 is 20.4 Å². The number of anilines is 1. The van der Waals surface area contributed by atoms with Crippen LogP contribution in [0.1, 0.15) is 6.23 Å². The summed E-state index contributed by atoms with van der Waals surface area (Å²) in [5.41, 5.74) is 3.82. The second-order valence-corrected chi connectivity index (χ2v) is 6.02. The second kappa shape index (κ2) is 6.34. The lowest BCUT2D eigenvalue weighted by Crippen LogP contribution is -2.32. The summed E-state index contributed by atoms with van der Waals surface area (Å²) in [6.07, 6.45) is -2.34. The van der Waals surface area contributed by atoms with Crippen molar-refractivity contribution in [3.05, 3.63) is 11.6 Å². The Bertz CT molecular complexity index is 711. The fourth-order valence-corrected chi connectivity index (χ4v) is 2.87. The molecule has 4 atom stereocenters. The van der Waals surface area contributed by atoms with Crippen molar-refractivity contribution in [2.24, 2.45) is 0 Å². The standard InChI is InChI=1S/C12H16Cl2N6O3/c1-19(2)18-9-6-10(17-12(14)16-9)20(4-15-6)11-8(22)7(21)5(3-13)23-11/h4-5,7-8,11,21-22H,3H2,1-2H3,(H,16,17,18). The van der Waals surface area contributed by atoms with Crippen LogP contribution in [0.2, 0.25) is 5.28 Å². The van der Waals surface area contributed by atoms with Gasteiger partial charge in [0.25, 0.3) is 0 Å². The lowest BCUT2D eigenvalue weighted by Gasteiger charge is -2.17. The summed E-state index contributed by atoms with van der Waals surface area (Å²) in [6.45, 7) is 0. The molecule has 126 valence electrons. The van der Waals surface area contributed by atoms with Crippen LogP contribution in [0.5, 0.6) is 0 Å². The molecule has 1 fully saturated rings. The van der Waals surface area contributed by atoms with Gasteiger partial charge in [-0.25, -0.2) is 9.99 Å². The van der Waals surface area contributed by atoms with Gasteiger partial charge in [0.2, 0.25) is 5.28 Å². The molecule has 0 saturated carbocycles. The number of nitrogens with zero attached hydrogens (tertiary/aromatic N) is 5. The zero-order valence-electron chi connectivity index (χ0n) is 12.4. The molecule has 2 aromatic heterocycles. The maximum atomic E-state index is 10.2. The Balaban J connectivity index is 2.04. The highest BCUT2D eigenvalue weighted by molar-refractivity contribution is 6.28. The number of halogens is 2. The first-order valence-corrected chi connectivity index (χ1v) is 7.75. The first kappa shape index (κ1) is 16.6. The number of imidazole rings is 1. The van der Waals surface area contributed by atoms with E-state index in [-0.39, 0.29) is 11.2 Å². The van der Waals surface area contributed by atoms with Crippen LogP contribution in [0.3, 0.4) is 0 Å². The molecule has 1 aliphatic rings. The van der Waals surface area contributed by atoms with Crippen LogP contribution in [0.4, 0.5) is 5.82 Å². The fourth-order valence-electron chi connectivity index (χ4n) is 2.45. The maximum Gasteiger partial charge on any atom is 0.226 e. The minimum atomic E-state index is -1.16. The third-order valence-electron chi connectivity index (χ3n) is 3.49. The van der Waals surface area contributed by atoms with Crippen LogP contribution in [0.25, 0.3) is 11.2 Å². The van der Waals surface area contributed by atoms with E-state index in [1.807, 2.05) is 0 Å². The van der Waals surface area contributed by atoms with E-state index in [1.165, 1.54) is 10.9 Å². The summed E-state index contributed by atoms with van der Waals surface area (Å²) in [6, 6.07) is 0. The van der Waals surface area contributed by atoms with Gasteiger partial charge in [-0.2, -0.15) is 9.97 Å². The van der Waals surface area contributed by atoms with Gasteiger partial charge in [0.05, 0.1) is 12.2 Å². The number of hydrogen-bond acceptors (Lipinski definition) is 8. The molecule has 3 N–H and O–H groups in total. The number of aliphatic hydroxyl groups excluding tert-OH is 2. The summed E-state index contributed by atoms with van der Waals surface area (Å²) in [5, 5.41) is 21.9. The van der Waals surface area contributed by atoms with Crippen molar-refractivity contribution in [1.29, 1.82) is 0 Å². The Morgan fingerprint density at radius 1 is 1.35 bits per heavy atom. The van der Waals surface area contributed by atoms with E-state index < -0.39 is 24.5 Å².